The van der Waals surface area contributed by atoms with Gasteiger partial charge in [-0.25, -0.2) is 9.97 Å². The lowest BCUT2D eigenvalue weighted by molar-refractivity contribution is 0.563. The van der Waals surface area contributed by atoms with Crippen molar-refractivity contribution in [1.82, 2.24) is 9.97 Å². The summed E-state index contributed by atoms with van der Waals surface area (Å²) < 4.78 is 0. The summed E-state index contributed by atoms with van der Waals surface area (Å²) in [5, 5.41) is 4.97. The lowest BCUT2D eigenvalue weighted by atomic mass is 9.55. The van der Waals surface area contributed by atoms with E-state index in [1.807, 2.05) is 6.07 Å². The quantitative estimate of drug-likeness (QED) is 0.161. The molecule has 0 aliphatic heterocycles. The summed E-state index contributed by atoms with van der Waals surface area (Å²) in [7, 11) is 0. The highest BCUT2D eigenvalue weighted by Crippen LogP contribution is 2.64. The van der Waals surface area contributed by atoms with Crippen LogP contribution in [0.3, 0.4) is 0 Å². The molecule has 1 heterocycles. The fourth-order valence-electron chi connectivity index (χ4n) is 11.7. The maximum Gasteiger partial charge on any atom is 0.160 e. The van der Waals surface area contributed by atoms with Crippen molar-refractivity contribution in [2.24, 2.45) is 0 Å². The van der Waals surface area contributed by atoms with E-state index in [2.05, 4.69) is 238 Å². The Morgan fingerprint density at radius 2 is 0.742 bits per heavy atom. The average molecular weight is 841 g/mol. The zero-order valence-electron chi connectivity index (χ0n) is 36.8. The molecule has 1 aromatic heterocycles. The van der Waals surface area contributed by atoms with Crippen LogP contribution in [0.2, 0.25) is 0 Å². The molecule has 11 aromatic rings. The van der Waals surface area contributed by atoms with E-state index in [1.54, 1.807) is 0 Å². The van der Waals surface area contributed by atoms with Crippen LogP contribution in [0.1, 0.15) is 47.2 Å². The van der Waals surface area contributed by atoms with Crippen molar-refractivity contribution in [2.75, 3.05) is 0 Å². The third kappa shape index (κ3) is 5.48. The van der Waals surface area contributed by atoms with Gasteiger partial charge in [-0.05, 0) is 100 Å². The molecule has 13 rings (SSSR count). The number of aromatic nitrogens is 2. The molecule has 10 aromatic carbocycles. The zero-order chi connectivity index (χ0) is 44.0. The highest BCUT2D eigenvalue weighted by atomic mass is 14.9. The maximum absolute atomic E-state index is 5.48. The average Bonchev–Trinajstić information content (AvgIpc) is 3.68. The van der Waals surface area contributed by atoms with E-state index in [9.17, 15) is 0 Å². The van der Waals surface area contributed by atoms with Crippen LogP contribution in [0.25, 0.3) is 88.8 Å². The van der Waals surface area contributed by atoms with Crippen LogP contribution in [-0.2, 0) is 10.8 Å². The van der Waals surface area contributed by atoms with Gasteiger partial charge in [0, 0.05) is 22.1 Å². The second-order valence-electron chi connectivity index (χ2n) is 18.4. The number of fused-ring (bicyclic) bond motifs is 11. The van der Waals surface area contributed by atoms with Crippen molar-refractivity contribution in [2.45, 2.75) is 24.7 Å². The van der Waals surface area contributed by atoms with Gasteiger partial charge in [-0.15, -0.1) is 0 Å². The monoisotopic (exact) mass is 840 g/mol. The first-order valence-electron chi connectivity index (χ1n) is 23.0. The summed E-state index contributed by atoms with van der Waals surface area (Å²) in [6.45, 7) is 4.78. The minimum absolute atomic E-state index is 0.209. The van der Waals surface area contributed by atoms with Gasteiger partial charge in [0.25, 0.3) is 0 Å². The van der Waals surface area contributed by atoms with Crippen LogP contribution in [0.15, 0.2) is 231 Å². The van der Waals surface area contributed by atoms with Crippen LogP contribution in [0, 0.1) is 0 Å². The van der Waals surface area contributed by atoms with Gasteiger partial charge in [0.15, 0.2) is 5.82 Å². The standard InChI is InChI=1S/C64H44N2/c1-63(2)52-32-16-18-34-54(52)64(55-35-19-17-33-53(55)63)51-38-37-44(60-47-29-14-12-27-45(47)59(42-23-8-4-9-24-42)46-28-13-15-30-48(46)60)39-50(51)61-49(31-20-36-56(61)64)58-40-57(41-21-6-3-7-22-41)65-62(66-58)43-25-10-5-11-26-43/h3-40H,1-2H3. The normalized spacial score (nSPS) is 13.8. The first-order chi connectivity index (χ1) is 32.5. The molecule has 1 spiro atoms. The van der Waals surface area contributed by atoms with E-state index in [1.165, 1.54) is 88.3 Å². The van der Waals surface area contributed by atoms with E-state index in [0.29, 0.717) is 5.82 Å². The van der Waals surface area contributed by atoms with Crippen LogP contribution in [-0.4, -0.2) is 9.97 Å². The molecule has 2 aliphatic rings. The van der Waals surface area contributed by atoms with Crippen LogP contribution >= 0.6 is 0 Å². The summed E-state index contributed by atoms with van der Waals surface area (Å²) in [4.78, 5) is 10.7. The van der Waals surface area contributed by atoms with Crippen molar-refractivity contribution in [3.63, 3.8) is 0 Å². The van der Waals surface area contributed by atoms with Gasteiger partial charge in [-0.2, -0.15) is 0 Å². The van der Waals surface area contributed by atoms with Gasteiger partial charge in [-0.1, -0.05) is 232 Å². The molecule has 0 N–H and O–H groups in total. The zero-order valence-corrected chi connectivity index (χ0v) is 36.8. The van der Waals surface area contributed by atoms with Gasteiger partial charge >= 0.3 is 0 Å². The SMILES string of the molecule is CC1(C)c2ccccc2C2(c3ccc(-c4c5ccccc5c(-c5ccccc5)c5ccccc45)cc3-c3c(-c4cc(-c5ccccc5)nc(-c5ccccc5)n4)cccc32)c2ccccc21. The van der Waals surface area contributed by atoms with Crippen LogP contribution < -0.4 is 0 Å². The molecule has 0 saturated carbocycles. The molecular formula is C64H44N2. The molecule has 310 valence electrons. The van der Waals surface area contributed by atoms with Gasteiger partial charge in [0.2, 0.25) is 0 Å². The maximum atomic E-state index is 5.48. The van der Waals surface area contributed by atoms with Gasteiger partial charge < -0.3 is 0 Å². The van der Waals surface area contributed by atoms with E-state index >= 15 is 0 Å². The highest BCUT2D eigenvalue weighted by Gasteiger charge is 2.53. The summed E-state index contributed by atoms with van der Waals surface area (Å²) in [6.07, 6.45) is 0. The summed E-state index contributed by atoms with van der Waals surface area (Å²) in [6, 6.07) is 84.6. The Morgan fingerprint density at radius 1 is 0.288 bits per heavy atom. The van der Waals surface area contributed by atoms with Gasteiger partial charge in [0.1, 0.15) is 0 Å². The minimum Gasteiger partial charge on any atom is -0.228 e. The van der Waals surface area contributed by atoms with E-state index < -0.39 is 5.41 Å². The summed E-state index contributed by atoms with van der Waals surface area (Å²) in [5.41, 5.74) is 19.4. The van der Waals surface area contributed by atoms with Gasteiger partial charge in [0.05, 0.1) is 16.8 Å². The lowest BCUT2D eigenvalue weighted by Gasteiger charge is -2.46. The Hall–Kier alpha value is -8.20. The third-order valence-electron chi connectivity index (χ3n) is 14.6. The van der Waals surface area contributed by atoms with Crippen molar-refractivity contribution in [3.8, 4) is 67.3 Å². The van der Waals surface area contributed by atoms with E-state index in [0.717, 1.165) is 28.1 Å². The van der Waals surface area contributed by atoms with Crippen molar-refractivity contribution >= 4 is 21.5 Å². The number of hydrogen-bond acceptors (Lipinski definition) is 2. The predicted molar refractivity (Wildman–Crippen MR) is 274 cm³/mol. The smallest absolute Gasteiger partial charge is 0.160 e. The Kier molecular flexibility index (Phi) is 8.51. The first kappa shape index (κ1) is 38.3. The van der Waals surface area contributed by atoms with Crippen LogP contribution in [0.4, 0.5) is 0 Å². The topological polar surface area (TPSA) is 25.8 Å². The first-order valence-corrected chi connectivity index (χ1v) is 23.0. The fraction of sp³-hybridized carbons (Fsp3) is 0.0625. The molecule has 0 radical (unpaired) electrons. The number of nitrogens with zero attached hydrogens (tertiary/aromatic N) is 2. The molecule has 0 saturated heterocycles. The molecule has 2 nitrogen and oxygen atoms in total. The molecular weight excluding hydrogens is 797 g/mol. The molecule has 2 heteroatoms. The van der Waals surface area contributed by atoms with Crippen LogP contribution in [0.5, 0.6) is 0 Å². The third-order valence-corrected chi connectivity index (χ3v) is 14.6. The Balaban J connectivity index is 1.16. The molecule has 0 atom stereocenters. The molecule has 0 unspecified atom stereocenters. The Morgan fingerprint density at radius 3 is 1.32 bits per heavy atom. The van der Waals surface area contributed by atoms with E-state index in [-0.39, 0.29) is 5.41 Å². The summed E-state index contributed by atoms with van der Waals surface area (Å²) >= 11 is 0. The minimum atomic E-state index is -0.583. The fourth-order valence-corrected chi connectivity index (χ4v) is 11.7. The number of hydrogen-bond donors (Lipinski definition) is 0. The Bertz CT molecular complexity index is 3550. The van der Waals surface area contributed by atoms with E-state index in [4.69, 9.17) is 9.97 Å². The molecule has 66 heavy (non-hydrogen) atoms. The number of rotatable bonds is 5. The molecule has 2 aliphatic carbocycles. The van der Waals surface area contributed by atoms with Crippen molar-refractivity contribution in [3.05, 3.63) is 264 Å². The van der Waals surface area contributed by atoms with Crippen molar-refractivity contribution < 1.29 is 0 Å². The predicted octanol–water partition coefficient (Wildman–Crippen LogP) is 16.1. The molecule has 0 fully saturated rings. The second kappa shape index (κ2) is 14.7. The number of benzene rings is 10. The molecule has 0 bridgehead atoms. The highest BCUT2D eigenvalue weighted by molar-refractivity contribution is 6.21. The Labute approximate surface area is 385 Å². The second-order valence-corrected chi connectivity index (χ2v) is 18.4. The largest absolute Gasteiger partial charge is 0.228 e. The van der Waals surface area contributed by atoms with Crippen molar-refractivity contribution in [1.29, 1.82) is 0 Å². The van der Waals surface area contributed by atoms with Gasteiger partial charge in [-0.3, -0.25) is 0 Å². The molecule has 0 amide bonds. The summed E-state index contributed by atoms with van der Waals surface area (Å²) in [5.74, 6) is 0.706. The lowest BCUT2D eigenvalue weighted by Crippen LogP contribution is -2.40.